The molecular weight excluding hydrogens is 491 g/mol. The molecule has 0 amide bonds. The summed E-state index contributed by atoms with van der Waals surface area (Å²) in [5, 5.41) is 10.8. The number of ether oxygens (including phenoxy) is 1. The predicted molar refractivity (Wildman–Crippen MR) is 130 cm³/mol. The average molecular weight is 520 g/mol. The van der Waals surface area contributed by atoms with Gasteiger partial charge in [-0.1, -0.05) is 42.5 Å². The van der Waals surface area contributed by atoms with Crippen LogP contribution in [0.4, 0.5) is 0 Å². The number of hydrogen-bond donors (Lipinski definition) is 2. The molecule has 0 saturated heterocycles. The normalized spacial score (nSPS) is 10.9. The summed E-state index contributed by atoms with van der Waals surface area (Å²) >= 11 is 0. The second kappa shape index (κ2) is 13.6. The third-order valence-electron chi connectivity index (χ3n) is 4.19. The third-order valence-corrected chi connectivity index (χ3v) is 4.19. The van der Waals surface area contributed by atoms with Gasteiger partial charge in [-0.2, -0.15) is 5.10 Å². The van der Waals surface area contributed by atoms with Crippen LogP contribution in [-0.4, -0.2) is 40.4 Å². The lowest BCUT2D eigenvalue weighted by atomic mass is 10.1. The number of halogens is 1. The van der Waals surface area contributed by atoms with E-state index < -0.39 is 0 Å². The largest absolute Gasteiger partial charge is 0.494 e. The molecule has 0 saturated carbocycles. The van der Waals surface area contributed by atoms with Crippen LogP contribution in [0.1, 0.15) is 24.5 Å². The highest BCUT2D eigenvalue weighted by Gasteiger charge is 2.01. The molecule has 30 heavy (non-hydrogen) atoms. The molecule has 0 radical (unpaired) electrons. The Morgan fingerprint density at radius 1 is 1.07 bits per heavy atom. The number of nitrogens with zero attached hydrogens (tertiary/aromatic N) is 4. The Labute approximate surface area is 195 Å². The summed E-state index contributed by atoms with van der Waals surface area (Å²) in [7, 11) is 0. The van der Waals surface area contributed by atoms with E-state index in [0.717, 1.165) is 36.8 Å². The van der Waals surface area contributed by atoms with Gasteiger partial charge in [-0.3, -0.25) is 0 Å². The van der Waals surface area contributed by atoms with Crippen LogP contribution in [-0.2, 0) is 13.1 Å². The van der Waals surface area contributed by atoms with Gasteiger partial charge in [0.05, 0.1) is 19.7 Å². The van der Waals surface area contributed by atoms with Crippen molar-refractivity contribution in [3.8, 4) is 5.75 Å². The lowest BCUT2D eigenvalue weighted by Crippen LogP contribution is -2.38. The number of hydrogen-bond acceptors (Lipinski definition) is 4. The van der Waals surface area contributed by atoms with Crippen LogP contribution in [0.3, 0.4) is 0 Å². The molecule has 1 heterocycles. The van der Waals surface area contributed by atoms with E-state index in [1.165, 1.54) is 5.56 Å². The van der Waals surface area contributed by atoms with Gasteiger partial charge < -0.3 is 15.4 Å². The zero-order valence-corrected chi connectivity index (χ0v) is 19.5. The summed E-state index contributed by atoms with van der Waals surface area (Å²) in [6, 6.07) is 18.3. The van der Waals surface area contributed by atoms with Gasteiger partial charge in [0.1, 0.15) is 18.4 Å². The van der Waals surface area contributed by atoms with E-state index in [-0.39, 0.29) is 24.0 Å². The van der Waals surface area contributed by atoms with Gasteiger partial charge >= 0.3 is 0 Å². The van der Waals surface area contributed by atoms with Crippen molar-refractivity contribution in [2.24, 2.45) is 4.99 Å². The van der Waals surface area contributed by atoms with Crippen molar-refractivity contribution in [2.75, 3.05) is 19.7 Å². The summed E-state index contributed by atoms with van der Waals surface area (Å²) in [6.45, 7) is 5.66. The fraction of sp³-hybridized carbons (Fsp3) is 0.318. The zero-order valence-electron chi connectivity index (χ0n) is 17.2. The van der Waals surface area contributed by atoms with Crippen molar-refractivity contribution < 1.29 is 4.74 Å². The standard InChI is InChI=1S/C22H28N6O.HI/c1-2-24-22(25-12-7-13-29-21-10-4-3-5-11-21)26-15-19-8-6-9-20(14-19)16-28-18-23-17-27-28;/h3-6,8-11,14,17-18H,2,7,12-13,15-16H2,1H3,(H2,24,25,26);1H. The number of benzene rings is 2. The molecule has 0 bridgehead atoms. The highest BCUT2D eigenvalue weighted by molar-refractivity contribution is 14.0. The quantitative estimate of drug-likeness (QED) is 0.185. The first-order chi connectivity index (χ1) is 14.3. The Kier molecular flexibility index (Phi) is 10.7. The van der Waals surface area contributed by atoms with E-state index in [2.05, 4.69) is 51.9 Å². The number of guanidine groups is 1. The number of para-hydroxylation sites is 1. The summed E-state index contributed by atoms with van der Waals surface area (Å²) in [5.41, 5.74) is 2.34. The van der Waals surface area contributed by atoms with E-state index in [4.69, 9.17) is 9.73 Å². The summed E-state index contributed by atoms with van der Waals surface area (Å²) < 4.78 is 7.53. The molecule has 1 aromatic heterocycles. The van der Waals surface area contributed by atoms with Crippen LogP contribution in [0.2, 0.25) is 0 Å². The number of aliphatic imine (C=N–C) groups is 1. The molecule has 0 spiro atoms. The second-order valence-electron chi connectivity index (χ2n) is 6.55. The molecule has 0 fully saturated rings. The first kappa shape index (κ1) is 23.7. The van der Waals surface area contributed by atoms with Crippen LogP contribution in [0, 0.1) is 0 Å². The Bertz CT molecular complexity index is 870. The van der Waals surface area contributed by atoms with Gasteiger partial charge in [0.25, 0.3) is 0 Å². The van der Waals surface area contributed by atoms with Crippen LogP contribution in [0.25, 0.3) is 0 Å². The van der Waals surface area contributed by atoms with Gasteiger partial charge in [0, 0.05) is 13.1 Å². The maximum absolute atomic E-state index is 5.72. The number of rotatable bonds is 10. The Balaban J connectivity index is 0.00000320. The Morgan fingerprint density at radius 3 is 2.67 bits per heavy atom. The minimum absolute atomic E-state index is 0. The van der Waals surface area contributed by atoms with Gasteiger partial charge in [0.15, 0.2) is 5.96 Å². The van der Waals surface area contributed by atoms with Gasteiger partial charge in [-0.05, 0) is 36.6 Å². The van der Waals surface area contributed by atoms with E-state index in [1.807, 2.05) is 35.0 Å². The van der Waals surface area contributed by atoms with Crippen molar-refractivity contribution in [3.63, 3.8) is 0 Å². The SMILES string of the molecule is CCNC(=NCc1cccc(Cn2cncn2)c1)NCCCOc1ccccc1.I. The smallest absolute Gasteiger partial charge is 0.191 e. The summed E-state index contributed by atoms with van der Waals surface area (Å²) in [5.74, 6) is 1.72. The highest BCUT2D eigenvalue weighted by Crippen LogP contribution is 2.09. The Hall–Kier alpha value is -2.62. The van der Waals surface area contributed by atoms with Crippen molar-refractivity contribution in [2.45, 2.75) is 26.4 Å². The predicted octanol–water partition coefficient (Wildman–Crippen LogP) is 3.47. The summed E-state index contributed by atoms with van der Waals surface area (Å²) in [4.78, 5) is 8.68. The third kappa shape index (κ3) is 8.40. The molecule has 0 atom stereocenters. The fourth-order valence-corrected chi connectivity index (χ4v) is 2.83. The highest BCUT2D eigenvalue weighted by atomic mass is 127. The molecule has 0 aliphatic carbocycles. The van der Waals surface area contributed by atoms with Gasteiger partial charge in [-0.25, -0.2) is 14.7 Å². The Morgan fingerprint density at radius 2 is 1.90 bits per heavy atom. The molecule has 0 unspecified atom stereocenters. The molecule has 2 N–H and O–H groups in total. The first-order valence-electron chi connectivity index (χ1n) is 9.94. The molecule has 8 heteroatoms. The van der Waals surface area contributed by atoms with Crippen molar-refractivity contribution >= 4 is 29.9 Å². The molecule has 3 rings (SSSR count). The molecule has 0 aliphatic rings. The maximum Gasteiger partial charge on any atom is 0.191 e. The molecule has 2 aromatic carbocycles. The van der Waals surface area contributed by atoms with Crippen molar-refractivity contribution in [1.29, 1.82) is 0 Å². The number of aromatic nitrogens is 3. The second-order valence-corrected chi connectivity index (χ2v) is 6.55. The number of nitrogens with one attached hydrogen (secondary N) is 2. The topological polar surface area (TPSA) is 76.4 Å². The average Bonchev–Trinajstić information content (AvgIpc) is 3.26. The van der Waals surface area contributed by atoms with E-state index in [1.54, 1.807) is 12.7 Å². The van der Waals surface area contributed by atoms with Gasteiger partial charge in [-0.15, -0.1) is 24.0 Å². The molecule has 7 nitrogen and oxygen atoms in total. The molecule has 0 aliphatic heterocycles. The minimum atomic E-state index is 0. The maximum atomic E-state index is 5.72. The zero-order chi connectivity index (χ0) is 20.2. The molecule has 3 aromatic rings. The monoisotopic (exact) mass is 520 g/mol. The lowest BCUT2D eigenvalue weighted by molar-refractivity contribution is 0.311. The lowest BCUT2D eigenvalue weighted by Gasteiger charge is -2.12. The minimum Gasteiger partial charge on any atom is -0.494 e. The van der Waals surface area contributed by atoms with Crippen molar-refractivity contribution in [1.82, 2.24) is 25.4 Å². The molecule has 160 valence electrons. The first-order valence-corrected chi connectivity index (χ1v) is 9.94. The van der Waals surface area contributed by atoms with Crippen LogP contribution >= 0.6 is 24.0 Å². The summed E-state index contributed by atoms with van der Waals surface area (Å²) in [6.07, 6.45) is 4.17. The van der Waals surface area contributed by atoms with E-state index >= 15 is 0 Å². The van der Waals surface area contributed by atoms with Crippen LogP contribution in [0.5, 0.6) is 5.75 Å². The molecular formula is C22H29IN6O. The fourth-order valence-electron chi connectivity index (χ4n) is 2.83. The van der Waals surface area contributed by atoms with Crippen LogP contribution in [0.15, 0.2) is 72.2 Å². The van der Waals surface area contributed by atoms with E-state index in [0.29, 0.717) is 19.7 Å². The van der Waals surface area contributed by atoms with Gasteiger partial charge in [0.2, 0.25) is 0 Å². The van der Waals surface area contributed by atoms with Crippen molar-refractivity contribution in [3.05, 3.63) is 78.4 Å². The van der Waals surface area contributed by atoms with E-state index in [9.17, 15) is 0 Å². The van der Waals surface area contributed by atoms with Crippen LogP contribution < -0.4 is 15.4 Å².